The van der Waals surface area contributed by atoms with Gasteiger partial charge in [0, 0.05) is 26.7 Å². The molecule has 0 amide bonds. The number of ether oxygens (including phenoxy) is 1. The number of rotatable bonds is 6. The molecule has 0 atom stereocenters. The minimum absolute atomic E-state index is 0.757. The molecule has 3 N–H and O–H groups in total. The molecule has 0 saturated carbocycles. The second kappa shape index (κ2) is 8.49. The minimum Gasteiger partial charge on any atom is -0.385 e. The molecular weight excluding hydrogens is 154 g/mol. The summed E-state index contributed by atoms with van der Waals surface area (Å²) in [5.41, 5.74) is 2.59. The molecule has 0 radical (unpaired) electrons. The Hall–Kier alpha value is -0.610. The zero-order chi connectivity index (χ0) is 9.23. The lowest BCUT2D eigenvalue weighted by Crippen LogP contribution is -2.30. The molecule has 0 aromatic rings. The van der Waals surface area contributed by atoms with Crippen LogP contribution in [-0.2, 0) is 4.74 Å². The van der Waals surface area contributed by atoms with Gasteiger partial charge in [-0.05, 0) is 12.8 Å². The lowest BCUT2D eigenvalue weighted by Gasteiger charge is -2.04. The Morgan fingerprint density at radius 2 is 2.33 bits per heavy atom. The van der Waals surface area contributed by atoms with Crippen LogP contribution in [0.5, 0.6) is 0 Å². The van der Waals surface area contributed by atoms with E-state index in [0.29, 0.717) is 0 Å². The van der Waals surface area contributed by atoms with E-state index in [0.717, 1.165) is 38.2 Å². The molecule has 0 unspecified atom stereocenters. The van der Waals surface area contributed by atoms with Gasteiger partial charge in [0.1, 0.15) is 5.84 Å². The monoisotopic (exact) mass is 173 g/mol. The Morgan fingerprint density at radius 1 is 1.58 bits per heavy atom. The average molecular weight is 173 g/mol. The first-order chi connectivity index (χ1) is 5.85. The first-order valence-electron chi connectivity index (χ1n) is 4.34. The van der Waals surface area contributed by atoms with Crippen LogP contribution in [0.15, 0.2) is 4.99 Å². The fourth-order valence-corrected chi connectivity index (χ4v) is 0.828. The van der Waals surface area contributed by atoms with Gasteiger partial charge < -0.3 is 10.2 Å². The van der Waals surface area contributed by atoms with E-state index in [9.17, 15) is 0 Å². The molecule has 0 aromatic heterocycles. The maximum atomic E-state index is 5.27. The van der Waals surface area contributed by atoms with Crippen molar-refractivity contribution in [3.05, 3.63) is 0 Å². The highest BCUT2D eigenvalue weighted by atomic mass is 16.5. The number of nitrogens with one attached hydrogen (secondary N) is 1. The van der Waals surface area contributed by atoms with Crippen molar-refractivity contribution in [2.75, 3.05) is 20.3 Å². The van der Waals surface area contributed by atoms with Gasteiger partial charge in [-0.2, -0.15) is 0 Å². The molecule has 0 bridgehead atoms. The SMILES string of the molecule is CCCN=C(CCCOC)NN. The maximum Gasteiger partial charge on any atom is 0.110 e. The molecule has 72 valence electrons. The van der Waals surface area contributed by atoms with E-state index in [1.54, 1.807) is 7.11 Å². The summed E-state index contributed by atoms with van der Waals surface area (Å²) in [5, 5.41) is 0. The van der Waals surface area contributed by atoms with E-state index in [-0.39, 0.29) is 0 Å². The summed E-state index contributed by atoms with van der Waals surface area (Å²) in [7, 11) is 1.69. The number of hydrogen-bond donors (Lipinski definition) is 2. The fourth-order valence-electron chi connectivity index (χ4n) is 0.828. The van der Waals surface area contributed by atoms with Gasteiger partial charge in [-0.1, -0.05) is 6.92 Å². The number of hydrogen-bond acceptors (Lipinski definition) is 3. The highest BCUT2D eigenvalue weighted by molar-refractivity contribution is 5.81. The molecule has 4 heteroatoms. The van der Waals surface area contributed by atoms with E-state index in [4.69, 9.17) is 10.6 Å². The Kier molecular flexibility index (Phi) is 8.05. The minimum atomic E-state index is 0.757. The molecule has 0 saturated heterocycles. The highest BCUT2D eigenvalue weighted by Crippen LogP contribution is 1.91. The van der Waals surface area contributed by atoms with Gasteiger partial charge >= 0.3 is 0 Å². The largest absolute Gasteiger partial charge is 0.385 e. The lowest BCUT2D eigenvalue weighted by atomic mass is 10.3. The molecule has 0 spiro atoms. The van der Waals surface area contributed by atoms with Crippen LogP contribution in [0.3, 0.4) is 0 Å². The van der Waals surface area contributed by atoms with E-state index in [1.165, 1.54) is 0 Å². The van der Waals surface area contributed by atoms with Gasteiger partial charge in [0.15, 0.2) is 0 Å². The molecule has 0 fully saturated rings. The van der Waals surface area contributed by atoms with Crippen molar-refractivity contribution in [2.45, 2.75) is 26.2 Å². The van der Waals surface area contributed by atoms with Gasteiger partial charge in [0.25, 0.3) is 0 Å². The summed E-state index contributed by atoms with van der Waals surface area (Å²) in [4.78, 5) is 4.26. The van der Waals surface area contributed by atoms with E-state index in [2.05, 4.69) is 17.3 Å². The van der Waals surface area contributed by atoms with Crippen LogP contribution >= 0.6 is 0 Å². The van der Waals surface area contributed by atoms with E-state index < -0.39 is 0 Å². The van der Waals surface area contributed by atoms with Crippen molar-refractivity contribution in [3.63, 3.8) is 0 Å². The molecule has 12 heavy (non-hydrogen) atoms. The van der Waals surface area contributed by atoms with Crippen LogP contribution in [0.4, 0.5) is 0 Å². The Morgan fingerprint density at radius 3 is 2.83 bits per heavy atom. The Balaban J connectivity index is 3.52. The van der Waals surface area contributed by atoms with Crippen LogP contribution in [-0.4, -0.2) is 26.1 Å². The van der Waals surface area contributed by atoms with Crippen molar-refractivity contribution < 1.29 is 4.74 Å². The third-order valence-corrected chi connectivity index (χ3v) is 1.45. The van der Waals surface area contributed by atoms with Crippen molar-refractivity contribution in [2.24, 2.45) is 10.8 Å². The molecule has 0 aromatic carbocycles. The smallest absolute Gasteiger partial charge is 0.110 e. The number of methoxy groups -OCH3 is 1. The fraction of sp³-hybridized carbons (Fsp3) is 0.875. The van der Waals surface area contributed by atoms with Crippen molar-refractivity contribution in [1.82, 2.24) is 5.43 Å². The molecule has 0 aliphatic carbocycles. The quantitative estimate of drug-likeness (QED) is 0.204. The van der Waals surface area contributed by atoms with E-state index >= 15 is 0 Å². The number of hydrazine groups is 1. The second-order valence-electron chi connectivity index (χ2n) is 2.57. The summed E-state index contributed by atoms with van der Waals surface area (Å²) >= 11 is 0. The van der Waals surface area contributed by atoms with Gasteiger partial charge in [0.05, 0.1) is 0 Å². The summed E-state index contributed by atoms with van der Waals surface area (Å²) in [6.07, 6.45) is 2.88. The van der Waals surface area contributed by atoms with Crippen LogP contribution < -0.4 is 11.3 Å². The average Bonchev–Trinajstić information content (AvgIpc) is 2.11. The molecule has 0 rings (SSSR count). The van der Waals surface area contributed by atoms with E-state index in [1.807, 2.05) is 0 Å². The predicted molar refractivity (Wildman–Crippen MR) is 51.0 cm³/mol. The van der Waals surface area contributed by atoms with Crippen LogP contribution in [0.2, 0.25) is 0 Å². The third-order valence-electron chi connectivity index (χ3n) is 1.45. The van der Waals surface area contributed by atoms with Crippen LogP contribution in [0, 0.1) is 0 Å². The number of nitrogens with zero attached hydrogens (tertiary/aromatic N) is 1. The summed E-state index contributed by atoms with van der Waals surface area (Å²) < 4.78 is 4.92. The number of amidine groups is 1. The summed E-state index contributed by atoms with van der Waals surface area (Å²) in [6, 6.07) is 0. The second-order valence-corrected chi connectivity index (χ2v) is 2.57. The molecule has 0 aliphatic heterocycles. The maximum absolute atomic E-state index is 5.27. The lowest BCUT2D eigenvalue weighted by molar-refractivity contribution is 0.196. The zero-order valence-corrected chi connectivity index (χ0v) is 7.97. The van der Waals surface area contributed by atoms with Gasteiger partial charge in [-0.15, -0.1) is 0 Å². The Labute approximate surface area is 74.2 Å². The summed E-state index contributed by atoms with van der Waals surface area (Å²) in [6.45, 7) is 3.69. The van der Waals surface area contributed by atoms with Crippen LogP contribution in [0.25, 0.3) is 0 Å². The van der Waals surface area contributed by atoms with Gasteiger partial charge in [-0.25, -0.2) is 5.84 Å². The van der Waals surface area contributed by atoms with Crippen molar-refractivity contribution >= 4 is 5.84 Å². The highest BCUT2D eigenvalue weighted by Gasteiger charge is 1.94. The zero-order valence-electron chi connectivity index (χ0n) is 7.97. The molecular formula is C8H19N3O. The predicted octanol–water partition coefficient (Wildman–Crippen LogP) is 0.685. The normalized spacial score (nSPS) is 11.8. The van der Waals surface area contributed by atoms with Gasteiger partial charge in [-0.3, -0.25) is 4.99 Å². The van der Waals surface area contributed by atoms with Crippen LogP contribution in [0.1, 0.15) is 26.2 Å². The Bertz CT molecular complexity index is 125. The van der Waals surface area contributed by atoms with Crippen molar-refractivity contribution in [3.8, 4) is 0 Å². The van der Waals surface area contributed by atoms with Crippen molar-refractivity contribution in [1.29, 1.82) is 0 Å². The number of nitrogens with two attached hydrogens (primary N) is 1. The summed E-state index contributed by atoms with van der Waals surface area (Å²) in [5.74, 6) is 6.14. The molecule has 0 heterocycles. The first kappa shape index (κ1) is 11.4. The first-order valence-corrected chi connectivity index (χ1v) is 4.34. The molecule has 0 aliphatic rings. The van der Waals surface area contributed by atoms with Gasteiger partial charge in [0.2, 0.25) is 0 Å². The molecule has 4 nitrogen and oxygen atoms in total. The standard InChI is InChI=1S/C8H19N3O/c1-3-6-10-8(11-9)5-4-7-12-2/h3-7,9H2,1-2H3,(H,10,11). The number of aliphatic imine (C=N–C) groups is 1. The third kappa shape index (κ3) is 6.12. The topological polar surface area (TPSA) is 59.6 Å².